The Balaban J connectivity index is 2.13. The maximum atomic E-state index is 12.5. The van der Waals surface area contributed by atoms with Crippen LogP contribution in [0.3, 0.4) is 0 Å². The SMILES string of the molecule is Cc1cccc(C)c1NC(=O)N(CCO)Cc1ccccc1. The molecule has 0 saturated heterocycles. The number of amides is 2. The Bertz CT molecular complexity index is 606. The fraction of sp³-hybridized carbons (Fsp3) is 0.278. The van der Waals surface area contributed by atoms with E-state index in [9.17, 15) is 9.90 Å². The Hall–Kier alpha value is -2.33. The lowest BCUT2D eigenvalue weighted by Crippen LogP contribution is -2.36. The van der Waals surface area contributed by atoms with Gasteiger partial charge in [0.2, 0.25) is 0 Å². The molecule has 0 aliphatic rings. The van der Waals surface area contributed by atoms with Crippen LogP contribution in [-0.4, -0.2) is 29.2 Å². The first-order valence-electron chi connectivity index (χ1n) is 7.38. The number of anilines is 1. The topological polar surface area (TPSA) is 52.6 Å². The normalized spacial score (nSPS) is 10.3. The summed E-state index contributed by atoms with van der Waals surface area (Å²) in [7, 11) is 0. The van der Waals surface area contributed by atoms with E-state index in [-0.39, 0.29) is 12.6 Å². The van der Waals surface area contributed by atoms with E-state index in [1.807, 2.05) is 62.4 Å². The van der Waals surface area contributed by atoms with Crippen LogP contribution >= 0.6 is 0 Å². The third-order valence-electron chi connectivity index (χ3n) is 3.59. The van der Waals surface area contributed by atoms with Crippen LogP contribution in [0, 0.1) is 13.8 Å². The first kappa shape index (κ1) is 16.0. The Morgan fingerprint density at radius 3 is 2.27 bits per heavy atom. The van der Waals surface area contributed by atoms with E-state index in [0.29, 0.717) is 13.1 Å². The molecule has 0 aliphatic heterocycles. The van der Waals surface area contributed by atoms with Gasteiger partial charge < -0.3 is 15.3 Å². The molecule has 2 aromatic carbocycles. The van der Waals surface area contributed by atoms with Gasteiger partial charge in [-0.3, -0.25) is 0 Å². The number of benzene rings is 2. The molecule has 0 saturated carbocycles. The molecule has 2 aromatic rings. The number of aryl methyl sites for hydroxylation is 2. The molecule has 2 N–H and O–H groups in total. The number of hydrogen-bond donors (Lipinski definition) is 2. The van der Waals surface area contributed by atoms with Crippen LogP contribution in [0.15, 0.2) is 48.5 Å². The molecule has 116 valence electrons. The molecule has 2 rings (SSSR count). The van der Waals surface area contributed by atoms with Gasteiger partial charge in [-0.25, -0.2) is 4.79 Å². The van der Waals surface area contributed by atoms with Gasteiger partial charge in [0.25, 0.3) is 0 Å². The van der Waals surface area contributed by atoms with Gasteiger partial charge in [-0.1, -0.05) is 48.5 Å². The second-order valence-corrected chi connectivity index (χ2v) is 5.33. The summed E-state index contributed by atoms with van der Waals surface area (Å²) < 4.78 is 0. The Labute approximate surface area is 131 Å². The molecule has 4 nitrogen and oxygen atoms in total. The molecular weight excluding hydrogens is 276 g/mol. The number of aliphatic hydroxyl groups excluding tert-OH is 1. The number of rotatable bonds is 5. The number of para-hydroxylation sites is 1. The van der Waals surface area contributed by atoms with Crippen LogP contribution < -0.4 is 5.32 Å². The van der Waals surface area contributed by atoms with Crippen molar-refractivity contribution in [2.24, 2.45) is 0 Å². The molecule has 0 spiro atoms. The lowest BCUT2D eigenvalue weighted by atomic mass is 10.1. The number of carbonyl (C=O) groups excluding carboxylic acids is 1. The Morgan fingerprint density at radius 1 is 1.05 bits per heavy atom. The molecule has 0 fully saturated rings. The van der Waals surface area contributed by atoms with Gasteiger partial charge in [-0.15, -0.1) is 0 Å². The molecule has 22 heavy (non-hydrogen) atoms. The van der Waals surface area contributed by atoms with E-state index >= 15 is 0 Å². The minimum Gasteiger partial charge on any atom is -0.395 e. The molecule has 0 aromatic heterocycles. The molecule has 4 heteroatoms. The summed E-state index contributed by atoms with van der Waals surface area (Å²) in [5.74, 6) is 0. The van der Waals surface area contributed by atoms with Crippen LogP contribution in [0.4, 0.5) is 10.5 Å². The fourth-order valence-electron chi connectivity index (χ4n) is 2.37. The van der Waals surface area contributed by atoms with E-state index in [4.69, 9.17) is 0 Å². The van der Waals surface area contributed by atoms with Crippen molar-refractivity contribution in [3.8, 4) is 0 Å². The van der Waals surface area contributed by atoms with Crippen molar-refractivity contribution in [2.45, 2.75) is 20.4 Å². The van der Waals surface area contributed by atoms with Crippen LogP contribution in [-0.2, 0) is 6.54 Å². The lowest BCUT2D eigenvalue weighted by Gasteiger charge is -2.23. The van der Waals surface area contributed by atoms with Crippen molar-refractivity contribution in [2.75, 3.05) is 18.5 Å². The molecule has 0 unspecified atom stereocenters. The minimum atomic E-state index is -0.199. The highest BCUT2D eigenvalue weighted by Crippen LogP contribution is 2.20. The number of hydrogen-bond acceptors (Lipinski definition) is 2. The summed E-state index contributed by atoms with van der Waals surface area (Å²) in [5, 5.41) is 12.2. The van der Waals surface area contributed by atoms with Crippen molar-refractivity contribution in [1.82, 2.24) is 4.90 Å². The van der Waals surface area contributed by atoms with Crippen molar-refractivity contribution in [3.63, 3.8) is 0 Å². The molecule has 0 aliphatic carbocycles. The van der Waals surface area contributed by atoms with E-state index in [1.54, 1.807) is 4.90 Å². The standard InChI is InChI=1S/C18H22N2O2/c1-14-7-6-8-15(2)17(14)19-18(22)20(11-12-21)13-16-9-4-3-5-10-16/h3-10,21H,11-13H2,1-2H3,(H,19,22). The second-order valence-electron chi connectivity index (χ2n) is 5.33. The van der Waals surface area contributed by atoms with Crippen LogP contribution in [0.2, 0.25) is 0 Å². The third kappa shape index (κ3) is 4.09. The smallest absolute Gasteiger partial charge is 0.322 e. The number of aliphatic hydroxyl groups is 1. The zero-order chi connectivity index (χ0) is 15.9. The van der Waals surface area contributed by atoms with Crippen molar-refractivity contribution < 1.29 is 9.90 Å². The van der Waals surface area contributed by atoms with E-state index in [2.05, 4.69) is 5.32 Å². The fourth-order valence-corrected chi connectivity index (χ4v) is 2.37. The maximum Gasteiger partial charge on any atom is 0.322 e. The summed E-state index contributed by atoms with van der Waals surface area (Å²) in [6.45, 7) is 4.64. The molecule has 0 radical (unpaired) electrons. The summed E-state index contributed by atoms with van der Waals surface area (Å²) in [6.07, 6.45) is 0. The van der Waals surface area contributed by atoms with Crippen LogP contribution in [0.5, 0.6) is 0 Å². The van der Waals surface area contributed by atoms with Gasteiger partial charge in [0.15, 0.2) is 0 Å². The predicted octanol–water partition coefficient (Wildman–Crippen LogP) is 3.33. The average molecular weight is 298 g/mol. The van der Waals surface area contributed by atoms with E-state index in [1.165, 1.54) is 0 Å². The van der Waals surface area contributed by atoms with Crippen molar-refractivity contribution in [3.05, 3.63) is 65.2 Å². The van der Waals surface area contributed by atoms with Gasteiger partial charge in [0.1, 0.15) is 0 Å². The summed E-state index contributed by atoms with van der Waals surface area (Å²) >= 11 is 0. The number of nitrogens with one attached hydrogen (secondary N) is 1. The summed E-state index contributed by atoms with van der Waals surface area (Å²) in [6, 6.07) is 15.5. The van der Waals surface area contributed by atoms with Crippen molar-refractivity contribution in [1.29, 1.82) is 0 Å². The van der Waals surface area contributed by atoms with E-state index < -0.39 is 0 Å². The first-order chi connectivity index (χ1) is 10.6. The van der Waals surface area contributed by atoms with Gasteiger partial charge in [0.05, 0.1) is 6.61 Å². The molecular formula is C18H22N2O2. The largest absolute Gasteiger partial charge is 0.395 e. The zero-order valence-electron chi connectivity index (χ0n) is 13.0. The zero-order valence-corrected chi connectivity index (χ0v) is 13.0. The maximum absolute atomic E-state index is 12.5. The summed E-state index contributed by atoms with van der Waals surface area (Å²) in [4.78, 5) is 14.1. The lowest BCUT2D eigenvalue weighted by molar-refractivity contribution is 0.185. The monoisotopic (exact) mass is 298 g/mol. The van der Waals surface area contributed by atoms with Gasteiger partial charge in [0, 0.05) is 18.8 Å². The van der Waals surface area contributed by atoms with Gasteiger partial charge in [-0.2, -0.15) is 0 Å². The van der Waals surface area contributed by atoms with Gasteiger partial charge >= 0.3 is 6.03 Å². The van der Waals surface area contributed by atoms with Crippen LogP contribution in [0.25, 0.3) is 0 Å². The molecule has 0 heterocycles. The number of carbonyl (C=O) groups is 1. The number of urea groups is 1. The summed E-state index contributed by atoms with van der Waals surface area (Å²) in [5.41, 5.74) is 3.92. The third-order valence-corrected chi connectivity index (χ3v) is 3.59. The van der Waals surface area contributed by atoms with E-state index in [0.717, 1.165) is 22.4 Å². The molecule has 0 atom stereocenters. The highest BCUT2D eigenvalue weighted by molar-refractivity contribution is 5.91. The quantitative estimate of drug-likeness (QED) is 0.889. The highest BCUT2D eigenvalue weighted by atomic mass is 16.3. The minimum absolute atomic E-state index is 0.0625. The second kappa shape index (κ2) is 7.61. The Morgan fingerprint density at radius 2 is 1.68 bits per heavy atom. The molecule has 2 amide bonds. The first-order valence-corrected chi connectivity index (χ1v) is 7.38. The Kier molecular flexibility index (Phi) is 5.55. The predicted molar refractivity (Wildman–Crippen MR) is 88.9 cm³/mol. The highest BCUT2D eigenvalue weighted by Gasteiger charge is 2.15. The van der Waals surface area contributed by atoms with Crippen LogP contribution in [0.1, 0.15) is 16.7 Å². The number of nitrogens with zero attached hydrogens (tertiary/aromatic N) is 1. The molecule has 0 bridgehead atoms. The van der Waals surface area contributed by atoms with Gasteiger partial charge in [-0.05, 0) is 30.5 Å². The average Bonchev–Trinajstić information content (AvgIpc) is 2.51. The van der Waals surface area contributed by atoms with Crippen molar-refractivity contribution >= 4 is 11.7 Å².